The van der Waals surface area contributed by atoms with Crippen LogP contribution < -0.4 is 5.73 Å². The van der Waals surface area contributed by atoms with Crippen molar-refractivity contribution in [2.45, 2.75) is 32.2 Å². The van der Waals surface area contributed by atoms with Crippen molar-refractivity contribution in [3.8, 4) is 0 Å². The average Bonchev–Trinajstić information content (AvgIpc) is 3.00. The standard InChI is InChI=1S/C10H18N2O3/c1-7(6-11)10(15)12(8-2-3-8)5-4-9(13)14/h7-8H,2-6,11H2,1H3,(H,13,14). The molecular weight excluding hydrogens is 196 g/mol. The molecule has 0 aliphatic heterocycles. The van der Waals surface area contributed by atoms with Crippen LogP contribution in [0.4, 0.5) is 0 Å². The van der Waals surface area contributed by atoms with Gasteiger partial charge >= 0.3 is 5.97 Å². The molecule has 1 fully saturated rings. The second kappa shape index (κ2) is 5.11. The molecule has 5 heteroatoms. The number of nitrogens with two attached hydrogens (primary N) is 1. The molecule has 3 N–H and O–H groups in total. The molecule has 86 valence electrons. The summed E-state index contributed by atoms with van der Waals surface area (Å²) in [5.74, 6) is -1.09. The first kappa shape index (κ1) is 12.0. The maximum absolute atomic E-state index is 11.8. The topological polar surface area (TPSA) is 83.6 Å². The van der Waals surface area contributed by atoms with Crippen molar-refractivity contribution in [3.05, 3.63) is 0 Å². The van der Waals surface area contributed by atoms with Crippen molar-refractivity contribution < 1.29 is 14.7 Å². The van der Waals surface area contributed by atoms with Crippen molar-refractivity contribution in [1.29, 1.82) is 0 Å². The monoisotopic (exact) mass is 214 g/mol. The fourth-order valence-electron chi connectivity index (χ4n) is 1.46. The van der Waals surface area contributed by atoms with Gasteiger partial charge in [0.15, 0.2) is 0 Å². The van der Waals surface area contributed by atoms with Gasteiger partial charge in [-0.05, 0) is 12.8 Å². The van der Waals surface area contributed by atoms with Gasteiger partial charge in [-0.25, -0.2) is 0 Å². The van der Waals surface area contributed by atoms with Gasteiger partial charge in [-0.15, -0.1) is 0 Å². The molecule has 5 nitrogen and oxygen atoms in total. The summed E-state index contributed by atoms with van der Waals surface area (Å²) in [7, 11) is 0. The van der Waals surface area contributed by atoms with Gasteiger partial charge in [0.25, 0.3) is 0 Å². The Balaban J connectivity index is 2.49. The lowest BCUT2D eigenvalue weighted by Crippen LogP contribution is -2.40. The Kier molecular flexibility index (Phi) is 4.08. The summed E-state index contributed by atoms with van der Waals surface area (Å²) in [5.41, 5.74) is 5.42. The van der Waals surface area contributed by atoms with Crippen LogP contribution in [-0.4, -0.2) is 41.0 Å². The van der Waals surface area contributed by atoms with Gasteiger partial charge in [-0.1, -0.05) is 6.92 Å². The predicted octanol–water partition coefficient (Wildman–Crippen LogP) is 0.0469. The highest BCUT2D eigenvalue weighted by molar-refractivity contribution is 5.80. The summed E-state index contributed by atoms with van der Waals surface area (Å²) >= 11 is 0. The lowest BCUT2D eigenvalue weighted by molar-refractivity contribution is -0.139. The van der Waals surface area contributed by atoms with Crippen LogP contribution in [0.25, 0.3) is 0 Å². The van der Waals surface area contributed by atoms with E-state index >= 15 is 0 Å². The van der Waals surface area contributed by atoms with E-state index in [-0.39, 0.29) is 24.3 Å². The van der Waals surface area contributed by atoms with E-state index in [1.54, 1.807) is 11.8 Å². The van der Waals surface area contributed by atoms with Gasteiger partial charge in [-0.2, -0.15) is 0 Å². The molecule has 1 amide bonds. The van der Waals surface area contributed by atoms with Crippen molar-refractivity contribution in [2.24, 2.45) is 11.7 Å². The first-order valence-corrected chi connectivity index (χ1v) is 5.28. The molecular formula is C10H18N2O3. The van der Waals surface area contributed by atoms with Gasteiger partial charge in [0.1, 0.15) is 0 Å². The highest BCUT2D eigenvalue weighted by Crippen LogP contribution is 2.28. The minimum Gasteiger partial charge on any atom is -0.481 e. The van der Waals surface area contributed by atoms with E-state index < -0.39 is 5.97 Å². The molecule has 0 aromatic carbocycles. The lowest BCUT2D eigenvalue weighted by atomic mass is 10.1. The van der Waals surface area contributed by atoms with Gasteiger partial charge in [0.05, 0.1) is 6.42 Å². The number of carbonyl (C=O) groups is 2. The van der Waals surface area contributed by atoms with E-state index in [1.807, 2.05) is 0 Å². The number of carbonyl (C=O) groups excluding carboxylic acids is 1. The van der Waals surface area contributed by atoms with E-state index in [2.05, 4.69) is 0 Å². The van der Waals surface area contributed by atoms with Crippen molar-refractivity contribution in [3.63, 3.8) is 0 Å². The third-order valence-corrected chi connectivity index (χ3v) is 2.61. The summed E-state index contributed by atoms with van der Waals surface area (Å²) < 4.78 is 0. The molecule has 0 aromatic heterocycles. The zero-order valence-electron chi connectivity index (χ0n) is 8.98. The Labute approximate surface area is 89.2 Å². The second-order valence-electron chi connectivity index (χ2n) is 4.04. The van der Waals surface area contributed by atoms with Gasteiger partial charge < -0.3 is 15.7 Å². The van der Waals surface area contributed by atoms with Crippen LogP contribution in [0.1, 0.15) is 26.2 Å². The maximum atomic E-state index is 11.8. The fourth-order valence-corrected chi connectivity index (χ4v) is 1.46. The largest absolute Gasteiger partial charge is 0.481 e. The SMILES string of the molecule is CC(CN)C(=O)N(CCC(=O)O)C1CC1. The number of nitrogens with zero attached hydrogens (tertiary/aromatic N) is 1. The average molecular weight is 214 g/mol. The summed E-state index contributed by atoms with van der Waals surface area (Å²) in [4.78, 5) is 23.9. The highest BCUT2D eigenvalue weighted by atomic mass is 16.4. The molecule has 0 saturated heterocycles. The number of hydrogen-bond donors (Lipinski definition) is 2. The van der Waals surface area contributed by atoms with Gasteiger partial charge in [-0.3, -0.25) is 9.59 Å². The third kappa shape index (κ3) is 3.51. The summed E-state index contributed by atoms with van der Waals surface area (Å²) in [5, 5.41) is 8.58. The van der Waals surface area contributed by atoms with E-state index in [4.69, 9.17) is 10.8 Å². The van der Waals surface area contributed by atoms with E-state index in [0.29, 0.717) is 13.1 Å². The molecule has 0 bridgehead atoms. The summed E-state index contributed by atoms with van der Waals surface area (Å²) in [6.07, 6.45) is 1.99. The van der Waals surface area contributed by atoms with Crippen LogP contribution in [0.3, 0.4) is 0 Å². The number of carboxylic acid groups (broad SMARTS) is 1. The van der Waals surface area contributed by atoms with Crippen LogP contribution in [0, 0.1) is 5.92 Å². The Morgan fingerprint density at radius 2 is 2.13 bits per heavy atom. The highest BCUT2D eigenvalue weighted by Gasteiger charge is 2.34. The Hall–Kier alpha value is -1.10. The zero-order valence-corrected chi connectivity index (χ0v) is 8.98. The summed E-state index contributed by atoms with van der Waals surface area (Å²) in [6.45, 7) is 2.40. The predicted molar refractivity (Wildman–Crippen MR) is 55.2 cm³/mol. The molecule has 1 aliphatic carbocycles. The maximum Gasteiger partial charge on any atom is 0.305 e. The normalized spacial score (nSPS) is 17.2. The Morgan fingerprint density at radius 1 is 1.53 bits per heavy atom. The third-order valence-electron chi connectivity index (χ3n) is 2.61. The first-order chi connectivity index (χ1) is 7.06. The minimum absolute atomic E-state index is 0.0127. The van der Waals surface area contributed by atoms with Crippen molar-refractivity contribution in [2.75, 3.05) is 13.1 Å². The molecule has 1 aliphatic rings. The molecule has 15 heavy (non-hydrogen) atoms. The molecule has 1 unspecified atom stereocenters. The second-order valence-corrected chi connectivity index (χ2v) is 4.04. The number of carboxylic acids is 1. The van der Waals surface area contributed by atoms with Gasteiger partial charge in [0.2, 0.25) is 5.91 Å². The lowest BCUT2D eigenvalue weighted by Gasteiger charge is -2.24. The quantitative estimate of drug-likeness (QED) is 0.654. The first-order valence-electron chi connectivity index (χ1n) is 5.28. The zero-order chi connectivity index (χ0) is 11.4. The molecule has 1 rings (SSSR count). The van der Waals surface area contributed by atoms with Crippen molar-refractivity contribution >= 4 is 11.9 Å². The van der Waals surface area contributed by atoms with Crippen LogP contribution in [0.2, 0.25) is 0 Å². The van der Waals surface area contributed by atoms with Gasteiger partial charge in [0, 0.05) is 25.0 Å². The minimum atomic E-state index is -0.867. The van der Waals surface area contributed by atoms with Crippen LogP contribution in [0.15, 0.2) is 0 Å². The summed E-state index contributed by atoms with van der Waals surface area (Å²) in [6, 6.07) is 0.255. The molecule has 1 atom stereocenters. The number of hydrogen-bond acceptors (Lipinski definition) is 3. The molecule has 1 saturated carbocycles. The Bertz CT molecular complexity index is 251. The number of aliphatic carboxylic acids is 1. The van der Waals surface area contributed by atoms with Crippen LogP contribution >= 0.6 is 0 Å². The van der Waals surface area contributed by atoms with E-state index in [0.717, 1.165) is 12.8 Å². The number of rotatable bonds is 6. The number of amides is 1. The van der Waals surface area contributed by atoms with Crippen LogP contribution in [-0.2, 0) is 9.59 Å². The molecule has 0 aromatic rings. The van der Waals surface area contributed by atoms with Crippen LogP contribution in [0.5, 0.6) is 0 Å². The fraction of sp³-hybridized carbons (Fsp3) is 0.800. The van der Waals surface area contributed by atoms with E-state index in [9.17, 15) is 9.59 Å². The smallest absolute Gasteiger partial charge is 0.305 e. The Morgan fingerprint density at radius 3 is 2.53 bits per heavy atom. The van der Waals surface area contributed by atoms with E-state index in [1.165, 1.54) is 0 Å². The van der Waals surface area contributed by atoms with Crippen molar-refractivity contribution in [1.82, 2.24) is 4.90 Å². The molecule has 0 spiro atoms. The molecule has 0 radical (unpaired) electrons. The molecule has 0 heterocycles.